The van der Waals surface area contributed by atoms with Crippen LogP contribution in [0.5, 0.6) is 0 Å². The summed E-state index contributed by atoms with van der Waals surface area (Å²) in [5, 5.41) is 10.3. The van der Waals surface area contributed by atoms with Gasteiger partial charge in [0.25, 0.3) is 5.56 Å². The highest BCUT2D eigenvalue weighted by Crippen LogP contribution is 2.32. The van der Waals surface area contributed by atoms with Crippen molar-refractivity contribution < 1.29 is 9.90 Å². The first-order valence-electron chi connectivity index (χ1n) is 11.0. The maximum Gasteiger partial charge on any atom is 0.262 e. The monoisotopic (exact) mass is 436 g/mol. The highest BCUT2D eigenvalue weighted by molar-refractivity contribution is 7.99. The van der Waals surface area contributed by atoms with Crippen molar-refractivity contribution in [3.8, 4) is 0 Å². The van der Waals surface area contributed by atoms with Gasteiger partial charge in [0.2, 0.25) is 0 Å². The van der Waals surface area contributed by atoms with E-state index in [4.69, 9.17) is 0 Å². The molecule has 1 aliphatic carbocycles. The predicted octanol–water partition coefficient (Wildman–Crippen LogP) is 4.80. The molecule has 4 rings (SSSR count). The quantitative estimate of drug-likeness (QED) is 0.312. The lowest BCUT2D eigenvalue weighted by Gasteiger charge is -2.22. The first kappa shape index (κ1) is 21.8. The van der Waals surface area contributed by atoms with Gasteiger partial charge < -0.3 is 5.11 Å². The molecule has 1 fully saturated rings. The number of thioether (sulfide) groups is 1. The third kappa shape index (κ3) is 5.08. The fourth-order valence-corrected chi connectivity index (χ4v) is 5.19. The lowest BCUT2D eigenvalue weighted by molar-refractivity contribution is 0.102. The number of fused-ring (bicyclic) bond motifs is 1. The van der Waals surface area contributed by atoms with E-state index in [1.54, 1.807) is 10.6 Å². The summed E-state index contributed by atoms with van der Waals surface area (Å²) in [6, 6.07) is 15.3. The summed E-state index contributed by atoms with van der Waals surface area (Å²) >= 11 is 1.28. The van der Waals surface area contributed by atoms with E-state index in [9.17, 15) is 14.7 Å². The predicted molar refractivity (Wildman–Crippen MR) is 125 cm³/mol. The Morgan fingerprint density at radius 2 is 1.81 bits per heavy atom. The summed E-state index contributed by atoms with van der Waals surface area (Å²) in [4.78, 5) is 30.3. The molecule has 2 aromatic carbocycles. The number of carbonyl (C=O) groups is 1. The van der Waals surface area contributed by atoms with Crippen molar-refractivity contribution in [2.45, 2.75) is 56.1 Å². The highest BCUT2D eigenvalue weighted by atomic mass is 32.2. The summed E-state index contributed by atoms with van der Waals surface area (Å²) in [5.41, 5.74) is 2.51. The van der Waals surface area contributed by atoms with Gasteiger partial charge >= 0.3 is 0 Å². The highest BCUT2D eigenvalue weighted by Gasteiger charge is 2.17. The van der Waals surface area contributed by atoms with Gasteiger partial charge in [-0.05, 0) is 42.9 Å². The van der Waals surface area contributed by atoms with Crippen molar-refractivity contribution in [2.75, 3.05) is 12.4 Å². The molecule has 1 aliphatic rings. The molecule has 1 saturated carbocycles. The molecular weight excluding hydrogens is 408 g/mol. The van der Waals surface area contributed by atoms with Crippen LogP contribution in [0.25, 0.3) is 10.9 Å². The van der Waals surface area contributed by atoms with Crippen molar-refractivity contribution in [3.05, 3.63) is 70.0 Å². The number of para-hydroxylation sites is 1. The van der Waals surface area contributed by atoms with Crippen LogP contribution >= 0.6 is 11.8 Å². The van der Waals surface area contributed by atoms with Crippen LogP contribution in [0.2, 0.25) is 0 Å². The standard InChI is InChI=1S/C25H28N2O3S/c28-16-6-15-27-24(30)21-9-4-5-10-22(21)26-25(27)31-17-23(29)20-13-11-19(12-14-20)18-7-2-1-3-8-18/h4-5,9-14,18,28H,1-3,6-8,15-17H2. The van der Waals surface area contributed by atoms with Gasteiger partial charge in [0.15, 0.2) is 10.9 Å². The molecule has 0 radical (unpaired) electrons. The van der Waals surface area contributed by atoms with E-state index in [0.29, 0.717) is 40.5 Å². The molecule has 0 bridgehead atoms. The second-order valence-electron chi connectivity index (χ2n) is 8.11. The van der Waals surface area contributed by atoms with Gasteiger partial charge in [0.1, 0.15) is 0 Å². The first-order chi connectivity index (χ1) is 15.2. The van der Waals surface area contributed by atoms with Gasteiger partial charge in [-0.2, -0.15) is 0 Å². The number of aliphatic hydroxyl groups excluding tert-OH is 1. The molecule has 0 saturated heterocycles. The number of nitrogens with zero attached hydrogens (tertiary/aromatic N) is 2. The molecule has 0 aliphatic heterocycles. The van der Waals surface area contributed by atoms with Gasteiger partial charge in [-0.25, -0.2) is 4.98 Å². The Hall–Kier alpha value is -2.44. The van der Waals surface area contributed by atoms with E-state index in [1.165, 1.54) is 49.4 Å². The van der Waals surface area contributed by atoms with Crippen LogP contribution in [0.1, 0.15) is 60.4 Å². The largest absolute Gasteiger partial charge is 0.396 e. The molecule has 0 unspecified atom stereocenters. The van der Waals surface area contributed by atoms with E-state index >= 15 is 0 Å². The molecule has 1 heterocycles. The van der Waals surface area contributed by atoms with Gasteiger partial charge in [-0.15, -0.1) is 0 Å². The van der Waals surface area contributed by atoms with E-state index in [-0.39, 0.29) is 23.7 Å². The Kier molecular flexibility index (Phi) is 7.20. The molecule has 0 amide bonds. The second kappa shape index (κ2) is 10.2. The zero-order chi connectivity index (χ0) is 21.6. The molecular formula is C25H28N2O3S. The van der Waals surface area contributed by atoms with Crippen molar-refractivity contribution in [2.24, 2.45) is 0 Å². The van der Waals surface area contributed by atoms with Crippen LogP contribution in [0, 0.1) is 0 Å². The topological polar surface area (TPSA) is 72.2 Å². The Bertz CT molecular complexity index is 1100. The van der Waals surface area contributed by atoms with Crippen molar-refractivity contribution in [1.82, 2.24) is 9.55 Å². The lowest BCUT2D eigenvalue weighted by atomic mass is 9.84. The van der Waals surface area contributed by atoms with Crippen LogP contribution in [0.3, 0.4) is 0 Å². The van der Waals surface area contributed by atoms with Crippen molar-refractivity contribution in [1.29, 1.82) is 0 Å². The van der Waals surface area contributed by atoms with E-state index in [2.05, 4.69) is 17.1 Å². The third-order valence-corrected chi connectivity index (χ3v) is 6.98. The summed E-state index contributed by atoms with van der Waals surface area (Å²) in [7, 11) is 0. The maximum absolute atomic E-state index is 12.9. The van der Waals surface area contributed by atoms with E-state index in [0.717, 1.165) is 0 Å². The van der Waals surface area contributed by atoms with E-state index < -0.39 is 0 Å². The second-order valence-corrected chi connectivity index (χ2v) is 9.06. The number of benzene rings is 2. The number of ketones is 1. The fourth-order valence-electron chi connectivity index (χ4n) is 4.27. The fraction of sp³-hybridized carbons (Fsp3) is 0.400. The Labute approximate surface area is 186 Å². The van der Waals surface area contributed by atoms with Crippen molar-refractivity contribution in [3.63, 3.8) is 0 Å². The summed E-state index contributed by atoms with van der Waals surface area (Å²) < 4.78 is 1.57. The number of Topliss-reactive ketones (excluding diaryl/α,β-unsaturated/α-hetero) is 1. The maximum atomic E-state index is 12.9. The molecule has 5 nitrogen and oxygen atoms in total. The zero-order valence-corrected chi connectivity index (χ0v) is 18.4. The molecule has 1 N–H and O–H groups in total. The van der Waals surface area contributed by atoms with Gasteiger partial charge in [-0.1, -0.05) is 67.4 Å². The third-order valence-electron chi connectivity index (χ3n) is 6.01. The summed E-state index contributed by atoms with van der Waals surface area (Å²) in [6.45, 7) is 0.370. The molecule has 1 aromatic heterocycles. The lowest BCUT2D eigenvalue weighted by Crippen LogP contribution is -2.24. The minimum absolute atomic E-state index is 0.00432. The number of carbonyl (C=O) groups excluding carboxylic acids is 1. The molecule has 0 spiro atoms. The number of hydrogen-bond donors (Lipinski definition) is 1. The summed E-state index contributed by atoms with van der Waals surface area (Å²) in [6.07, 6.45) is 6.85. The zero-order valence-electron chi connectivity index (χ0n) is 17.6. The summed E-state index contributed by atoms with van der Waals surface area (Å²) in [5.74, 6) is 0.860. The average molecular weight is 437 g/mol. The molecule has 6 heteroatoms. The Morgan fingerprint density at radius 1 is 1.06 bits per heavy atom. The number of rotatable bonds is 8. The Morgan fingerprint density at radius 3 is 2.55 bits per heavy atom. The average Bonchev–Trinajstić information content (AvgIpc) is 2.83. The van der Waals surface area contributed by atoms with Gasteiger partial charge in [0.05, 0.1) is 16.7 Å². The smallest absolute Gasteiger partial charge is 0.262 e. The van der Waals surface area contributed by atoms with Crippen molar-refractivity contribution >= 4 is 28.4 Å². The van der Waals surface area contributed by atoms with Gasteiger partial charge in [-0.3, -0.25) is 14.2 Å². The number of aliphatic hydroxyl groups is 1. The van der Waals surface area contributed by atoms with Crippen LogP contribution in [0.15, 0.2) is 58.5 Å². The first-order valence-corrected chi connectivity index (χ1v) is 12.0. The number of aromatic nitrogens is 2. The number of hydrogen-bond acceptors (Lipinski definition) is 5. The normalized spacial score (nSPS) is 14.7. The molecule has 0 atom stereocenters. The SMILES string of the molecule is O=C(CSc1nc2ccccc2c(=O)n1CCCO)c1ccc(C2CCCCC2)cc1. The van der Waals surface area contributed by atoms with Crippen LogP contribution in [-0.2, 0) is 6.54 Å². The minimum atomic E-state index is -0.133. The van der Waals surface area contributed by atoms with E-state index in [1.807, 2.05) is 30.3 Å². The Balaban J connectivity index is 1.50. The van der Waals surface area contributed by atoms with Crippen LogP contribution in [-0.4, -0.2) is 32.8 Å². The minimum Gasteiger partial charge on any atom is -0.396 e. The van der Waals surface area contributed by atoms with Crippen LogP contribution < -0.4 is 5.56 Å². The molecule has 162 valence electrons. The van der Waals surface area contributed by atoms with Gasteiger partial charge in [0, 0.05) is 18.7 Å². The van der Waals surface area contributed by atoms with Crippen LogP contribution in [0.4, 0.5) is 0 Å². The molecule has 31 heavy (non-hydrogen) atoms. The molecule has 3 aromatic rings.